The van der Waals surface area contributed by atoms with Crippen LogP contribution < -0.4 is 5.32 Å². The maximum Gasteiger partial charge on any atom is 0.329 e. The van der Waals surface area contributed by atoms with E-state index in [0.717, 1.165) is 6.42 Å². The average molecular weight is 258 g/mol. The zero-order chi connectivity index (χ0) is 13.2. The number of morpholine rings is 1. The fourth-order valence-corrected chi connectivity index (χ4v) is 2.22. The zero-order valence-corrected chi connectivity index (χ0v) is 10.1. The molecule has 18 heavy (non-hydrogen) atoms. The molecule has 1 aliphatic carbocycles. The third kappa shape index (κ3) is 2.41. The molecule has 1 aliphatic heterocycles. The monoisotopic (exact) mass is 258 g/mol. The normalized spacial score (nSPS) is 26.3. The Morgan fingerprint density at radius 3 is 2.67 bits per heavy atom. The van der Waals surface area contributed by atoms with Crippen molar-refractivity contribution in [2.75, 3.05) is 26.3 Å². The van der Waals surface area contributed by atoms with Crippen molar-refractivity contribution in [2.45, 2.75) is 30.9 Å². The summed E-state index contributed by atoms with van der Waals surface area (Å²) in [4.78, 5) is 24.6. The topological polar surface area (TPSA) is 99.1 Å². The summed E-state index contributed by atoms with van der Waals surface area (Å²) in [5.74, 6) is -0.978. The van der Waals surface area contributed by atoms with Gasteiger partial charge in [-0.25, -0.2) is 9.59 Å². The van der Waals surface area contributed by atoms with Crippen molar-refractivity contribution in [3.05, 3.63) is 0 Å². The number of carboxylic acids is 1. The Labute approximate surface area is 105 Å². The minimum Gasteiger partial charge on any atom is -0.480 e. The summed E-state index contributed by atoms with van der Waals surface area (Å²) in [7, 11) is 0. The molecule has 1 saturated heterocycles. The van der Waals surface area contributed by atoms with Crippen LogP contribution in [0.25, 0.3) is 0 Å². The quantitative estimate of drug-likeness (QED) is 0.627. The Morgan fingerprint density at radius 2 is 2.17 bits per heavy atom. The number of urea groups is 1. The number of aliphatic hydroxyl groups is 1. The van der Waals surface area contributed by atoms with Crippen LogP contribution in [-0.4, -0.2) is 65.1 Å². The summed E-state index contributed by atoms with van der Waals surface area (Å²) in [5, 5.41) is 20.7. The first-order valence-electron chi connectivity index (χ1n) is 6.10. The molecule has 0 spiro atoms. The lowest BCUT2D eigenvalue weighted by atomic mass is 9.77. The van der Waals surface area contributed by atoms with E-state index in [0.29, 0.717) is 26.0 Å². The minimum atomic E-state index is -1.09. The van der Waals surface area contributed by atoms with Gasteiger partial charge in [-0.05, 0) is 19.3 Å². The zero-order valence-electron chi connectivity index (χ0n) is 10.1. The van der Waals surface area contributed by atoms with E-state index in [1.807, 2.05) is 0 Å². The van der Waals surface area contributed by atoms with Gasteiger partial charge in [-0.1, -0.05) is 0 Å². The summed E-state index contributed by atoms with van der Waals surface area (Å²) in [6.45, 7) is 0.919. The highest BCUT2D eigenvalue weighted by Crippen LogP contribution is 2.32. The van der Waals surface area contributed by atoms with Gasteiger partial charge in [0.2, 0.25) is 0 Å². The summed E-state index contributed by atoms with van der Waals surface area (Å²) in [6, 6.07) is -0.390. The maximum absolute atomic E-state index is 12.0. The Hall–Kier alpha value is -1.34. The van der Waals surface area contributed by atoms with Crippen LogP contribution in [-0.2, 0) is 9.53 Å². The van der Waals surface area contributed by atoms with Crippen molar-refractivity contribution in [1.82, 2.24) is 10.2 Å². The van der Waals surface area contributed by atoms with Gasteiger partial charge in [-0.15, -0.1) is 0 Å². The molecule has 1 heterocycles. The Kier molecular flexibility index (Phi) is 3.72. The second-order valence-electron chi connectivity index (χ2n) is 4.79. The van der Waals surface area contributed by atoms with E-state index in [9.17, 15) is 9.59 Å². The summed E-state index contributed by atoms with van der Waals surface area (Å²) >= 11 is 0. The Balaban J connectivity index is 1.93. The van der Waals surface area contributed by atoms with Gasteiger partial charge in [0.25, 0.3) is 0 Å². The van der Waals surface area contributed by atoms with Crippen LogP contribution in [0.1, 0.15) is 19.3 Å². The number of carbonyl (C=O) groups is 2. The highest BCUT2D eigenvalue weighted by Gasteiger charge is 2.46. The molecule has 2 fully saturated rings. The third-order valence-corrected chi connectivity index (χ3v) is 3.59. The minimum absolute atomic E-state index is 0.145. The number of carbonyl (C=O) groups excluding carboxylic acids is 1. The maximum atomic E-state index is 12.0. The lowest BCUT2D eigenvalue weighted by Gasteiger charge is -2.41. The molecular formula is C11H18N2O5. The molecule has 2 rings (SSSR count). The summed E-state index contributed by atoms with van der Waals surface area (Å²) in [5.41, 5.74) is -1.09. The van der Waals surface area contributed by atoms with E-state index in [4.69, 9.17) is 14.9 Å². The molecule has 1 unspecified atom stereocenters. The highest BCUT2D eigenvalue weighted by molar-refractivity contribution is 5.87. The van der Waals surface area contributed by atoms with E-state index in [1.54, 1.807) is 0 Å². The number of hydrogen-bond acceptors (Lipinski definition) is 4. The first kappa shape index (κ1) is 13.1. The van der Waals surface area contributed by atoms with Gasteiger partial charge in [0.15, 0.2) is 0 Å². The van der Waals surface area contributed by atoms with Crippen molar-refractivity contribution in [2.24, 2.45) is 0 Å². The molecule has 7 nitrogen and oxygen atoms in total. The number of carboxylic acid groups (broad SMARTS) is 1. The number of amides is 2. The van der Waals surface area contributed by atoms with E-state index in [1.165, 1.54) is 4.90 Å². The molecule has 3 N–H and O–H groups in total. The first-order chi connectivity index (χ1) is 8.57. The molecule has 0 bridgehead atoms. The molecule has 2 amide bonds. The molecule has 0 radical (unpaired) electrons. The number of aliphatic carboxylic acids is 1. The SMILES string of the molecule is O=C(NC1(C(=O)O)CCC1)N1CCOC(CO)C1. The predicted octanol–water partition coefficient (Wildman–Crippen LogP) is -0.604. The van der Waals surface area contributed by atoms with Gasteiger partial charge < -0.3 is 25.2 Å². The largest absolute Gasteiger partial charge is 0.480 e. The standard InChI is InChI=1S/C11H18N2O5/c14-7-8-6-13(4-5-18-8)10(17)12-11(9(15)16)2-1-3-11/h8,14H,1-7H2,(H,12,17)(H,15,16). The summed E-state index contributed by atoms with van der Waals surface area (Å²) < 4.78 is 5.24. The fraction of sp³-hybridized carbons (Fsp3) is 0.818. The lowest BCUT2D eigenvalue weighted by Crippen LogP contribution is -2.63. The van der Waals surface area contributed by atoms with Gasteiger partial charge >= 0.3 is 12.0 Å². The predicted molar refractivity (Wildman–Crippen MR) is 61.1 cm³/mol. The fourth-order valence-electron chi connectivity index (χ4n) is 2.22. The molecule has 2 aliphatic rings. The van der Waals surface area contributed by atoms with Crippen molar-refractivity contribution < 1.29 is 24.5 Å². The first-order valence-corrected chi connectivity index (χ1v) is 6.10. The van der Waals surface area contributed by atoms with Gasteiger partial charge in [0.1, 0.15) is 5.54 Å². The van der Waals surface area contributed by atoms with Crippen LogP contribution >= 0.6 is 0 Å². The summed E-state index contributed by atoms with van der Waals surface area (Å²) in [6.07, 6.45) is 1.38. The average Bonchev–Trinajstić information content (AvgIpc) is 2.33. The van der Waals surface area contributed by atoms with E-state index in [-0.39, 0.29) is 25.3 Å². The van der Waals surface area contributed by atoms with Crippen LogP contribution in [0.5, 0.6) is 0 Å². The van der Waals surface area contributed by atoms with Crippen molar-refractivity contribution in [3.63, 3.8) is 0 Å². The second kappa shape index (κ2) is 5.11. The van der Waals surface area contributed by atoms with Crippen molar-refractivity contribution in [3.8, 4) is 0 Å². The van der Waals surface area contributed by atoms with Gasteiger partial charge in [-0.2, -0.15) is 0 Å². The number of rotatable bonds is 3. The lowest BCUT2D eigenvalue weighted by molar-refractivity contribution is -0.148. The second-order valence-corrected chi connectivity index (χ2v) is 4.79. The van der Waals surface area contributed by atoms with Crippen LogP contribution in [0.2, 0.25) is 0 Å². The molecule has 102 valence electrons. The van der Waals surface area contributed by atoms with E-state index < -0.39 is 11.5 Å². The molecule has 1 atom stereocenters. The van der Waals surface area contributed by atoms with Gasteiger partial charge in [0, 0.05) is 6.54 Å². The van der Waals surface area contributed by atoms with Gasteiger partial charge in [-0.3, -0.25) is 0 Å². The van der Waals surface area contributed by atoms with E-state index in [2.05, 4.69) is 5.32 Å². The number of hydrogen-bond donors (Lipinski definition) is 3. The van der Waals surface area contributed by atoms with Crippen LogP contribution in [0.3, 0.4) is 0 Å². The van der Waals surface area contributed by atoms with Crippen LogP contribution in [0.4, 0.5) is 4.79 Å². The molecule has 1 saturated carbocycles. The van der Waals surface area contributed by atoms with Crippen LogP contribution in [0, 0.1) is 0 Å². The molecule has 0 aromatic heterocycles. The molecule has 0 aromatic carbocycles. The highest BCUT2D eigenvalue weighted by atomic mass is 16.5. The van der Waals surface area contributed by atoms with Gasteiger partial charge in [0.05, 0.1) is 25.9 Å². The number of ether oxygens (including phenoxy) is 1. The smallest absolute Gasteiger partial charge is 0.329 e. The van der Waals surface area contributed by atoms with Crippen molar-refractivity contribution >= 4 is 12.0 Å². The number of nitrogens with one attached hydrogen (secondary N) is 1. The molecule has 0 aromatic rings. The Bertz CT molecular complexity index is 342. The van der Waals surface area contributed by atoms with Crippen molar-refractivity contribution in [1.29, 1.82) is 0 Å². The number of nitrogens with zero attached hydrogens (tertiary/aromatic N) is 1. The molecular weight excluding hydrogens is 240 g/mol. The van der Waals surface area contributed by atoms with E-state index >= 15 is 0 Å². The third-order valence-electron chi connectivity index (χ3n) is 3.59. The molecule has 7 heteroatoms. The Morgan fingerprint density at radius 1 is 1.44 bits per heavy atom. The van der Waals surface area contributed by atoms with Crippen LogP contribution in [0.15, 0.2) is 0 Å². The number of aliphatic hydroxyl groups excluding tert-OH is 1.